The van der Waals surface area contributed by atoms with Gasteiger partial charge >= 0.3 is 11.9 Å². The highest BCUT2D eigenvalue weighted by Gasteiger charge is 2.47. The SMILES string of the molecule is CCCC(OC(=O)c1ccccc1)C(CCC)(OC(=O)c1ccccc1)C(C)C. The molecule has 29 heavy (non-hydrogen) atoms. The van der Waals surface area contributed by atoms with E-state index in [9.17, 15) is 9.59 Å². The van der Waals surface area contributed by atoms with Crippen molar-refractivity contribution in [1.29, 1.82) is 0 Å². The number of hydrogen-bond acceptors (Lipinski definition) is 4. The van der Waals surface area contributed by atoms with Crippen LogP contribution in [0.1, 0.15) is 74.1 Å². The molecule has 0 saturated carbocycles. The molecule has 0 bridgehead atoms. The number of hydrogen-bond donors (Lipinski definition) is 0. The molecule has 0 N–H and O–H groups in total. The zero-order chi connectivity index (χ0) is 21.3. The van der Waals surface area contributed by atoms with Crippen molar-refractivity contribution in [3.63, 3.8) is 0 Å². The lowest BCUT2D eigenvalue weighted by Gasteiger charge is -2.42. The van der Waals surface area contributed by atoms with Gasteiger partial charge in [-0.3, -0.25) is 0 Å². The molecule has 4 nitrogen and oxygen atoms in total. The predicted octanol–water partition coefficient (Wildman–Crippen LogP) is 6.06. The highest BCUT2D eigenvalue weighted by Crippen LogP contribution is 2.36. The Kier molecular flexibility index (Phi) is 8.44. The fourth-order valence-electron chi connectivity index (χ4n) is 3.69. The molecule has 0 saturated heterocycles. The molecule has 2 rings (SSSR count). The van der Waals surface area contributed by atoms with Gasteiger partial charge in [0.25, 0.3) is 0 Å². The second-order valence-electron chi connectivity index (χ2n) is 7.66. The average Bonchev–Trinajstić information content (AvgIpc) is 2.74. The van der Waals surface area contributed by atoms with Crippen molar-refractivity contribution >= 4 is 11.9 Å². The van der Waals surface area contributed by atoms with E-state index in [2.05, 4.69) is 6.92 Å². The molecule has 0 aliphatic rings. The fraction of sp³-hybridized carbons (Fsp3) is 0.440. The summed E-state index contributed by atoms with van der Waals surface area (Å²) in [6, 6.07) is 17.9. The normalized spacial score (nSPS) is 14.1. The van der Waals surface area contributed by atoms with Crippen molar-refractivity contribution in [2.75, 3.05) is 0 Å². The van der Waals surface area contributed by atoms with Crippen LogP contribution in [0.25, 0.3) is 0 Å². The molecule has 2 aromatic rings. The summed E-state index contributed by atoms with van der Waals surface area (Å²) >= 11 is 0. The summed E-state index contributed by atoms with van der Waals surface area (Å²) in [5.41, 5.74) is 0.109. The summed E-state index contributed by atoms with van der Waals surface area (Å²) in [5.74, 6) is -0.791. The first-order chi connectivity index (χ1) is 13.9. The topological polar surface area (TPSA) is 52.6 Å². The molecule has 4 heteroatoms. The lowest BCUT2D eigenvalue weighted by atomic mass is 9.79. The van der Waals surface area contributed by atoms with Crippen LogP contribution in [0.4, 0.5) is 0 Å². The molecule has 2 aromatic carbocycles. The Balaban J connectivity index is 2.37. The van der Waals surface area contributed by atoms with Crippen LogP contribution >= 0.6 is 0 Å². The zero-order valence-corrected chi connectivity index (χ0v) is 17.9. The minimum absolute atomic E-state index is 0.0183. The van der Waals surface area contributed by atoms with Gasteiger partial charge in [0.05, 0.1) is 11.1 Å². The van der Waals surface area contributed by atoms with Gasteiger partial charge in [-0.1, -0.05) is 76.9 Å². The summed E-state index contributed by atoms with van der Waals surface area (Å²) in [4.78, 5) is 25.7. The highest BCUT2D eigenvalue weighted by molar-refractivity contribution is 5.90. The van der Waals surface area contributed by atoms with Crippen LogP contribution in [0.15, 0.2) is 60.7 Å². The Morgan fingerprint density at radius 3 is 1.79 bits per heavy atom. The first kappa shape index (κ1) is 22.7. The number of ether oxygens (including phenoxy) is 2. The summed E-state index contributed by atoms with van der Waals surface area (Å²) < 4.78 is 12.1. The van der Waals surface area contributed by atoms with Gasteiger partial charge < -0.3 is 9.47 Å². The van der Waals surface area contributed by atoms with Crippen molar-refractivity contribution in [2.24, 2.45) is 5.92 Å². The van der Waals surface area contributed by atoms with E-state index in [4.69, 9.17) is 9.47 Å². The number of benzene rings is 2. The maximum atomic E-state index is 12.9. The van der Waals surface area contributed by atoms with Gasteiger partial charge in [0.2, 0.25) is 0 Å². The minimum atomic E-state index is -0.887. The Morgan fingerprint density at radius 2 is 1.34 bits per heavy atom. The molecule has 0 aromatic heterocycles. The molecule has 2 atom stereocenters. The molecule has 0 spiro atoms. The van der Waals surface area contributed by atoms with E-state index in [1.165, 1.54) is 0 Å². The van der Waals surface area contributed by atoms with Crippen molar-refractivity contribution in [3.05, 3.63) is 71.8 Å². The quantitative estimate of drug-likeness (QED) is 0.458. The fourth-order valence-corrected chi connectivity index (χ4v) is 3.69. The molecule has 0 aliphatic heterocycles. The summed E-state index contributed by atoms with van der Waals surface area (Å²) in [5, 5.41) is 0. The highest BCUT2D eigenvalue weighted by atomic mass is 16.6. The van der Waals surface area contributed by atoms with Crippen LogP contribution in [0.5, 0.6) is 0 Å². The number of carbonyl (C=O) groups is 2. The van der Waals surface area contributed by atoms with Gasteiger partial charge in [-0.05, 0) is 43.0 Å². The van der Waals surface area contributed by atoms with Crippen LogP contribution in [0.3, 0.4) is 0 Å². The largest absolute Gasteiger partial charge is 0.455 e. The Morgan fingerprint density at radius 1 is 0.828 bits per heavy atom. The summed E-state index contributed by atoms with van der Waals surface area (Å²) in [6.45, 7) is 8.13. The van der Waals surface area contributed by atoms with E-state index in [1.54, 1.807) is 24.3 Å². The van der Waals surface area contributed by atoms with E-state index in [-0.39, 0.29) is 17.9 Å². The van der Waals surface area contributed by atoms with Crippen molar-refractivity contribution < 1.29 is 19.1 Å². The van der Waals surface area contributed by atoms with Crippen LogP contribution in [0.2, 0.25) is 0 Å². The molecule has 0 aliphatic carbocycles. The Labute approximate surface area is 174 Å². The number of carbonyl (C=O) groups excluding carboxylic acids is 2. The summed E-state index contributed by atoms with van der Waals surface area (Å²) in [7, 11) is 0. The van der Waals surface area contributed by atoms with E-state index >= 15 is 0 Å². The van der Waals surface area contributed by atoms with Crippen LogP contribution in [-0.2, 0) is 9.47 Å². The van der Waals surface area contributed by atoms with Gasteiger partial charge in [0, 0.05) is 0 Å². The minimum Gasteiger partial charge on any atom is -0.455 e. The molecule has 2 unspecified atom stereocenters. The van der Waals surface area contributed by atoms with Crippen molar-refractivity contribution in [1.82, 2.24) is 0 Å². The third-order valence-corrected chi connectivity index (χ3v) is 5.26. The number of rotatable bonds is 10. The maximum Gasteiger partial charge on any atom is 0.338 e. The Bertz CT molecular complexity index is 770. The second-order valence-corrected chi connectivity index (χ2v) is 7.66. The average molecular weight is 397 g/mol. The lowest BCUT2D eigenvalue weighted by molar-refractivity contribution is -0.128. The predicted molar refractivity (Wildman–Crippen MR) is 115 cm³/mol. The summed E-state index contributed by atoms with van der Waals surface area (Å²) in [6.07, 6.45) is 2.35. The van der Waals surface area contributed by atoms with Gasteiger partial charge in [0.15, 0.2) is 5.60 Å². The van der Waals surface area contributed by atoms with Gasteiger partial charge in [-0.25, -0.2) is 9.59 Å². The standard InChI is InChI=1S/C25H32O4/c1-5-13-22(28-23(26)20-14-9-7-10-15-20)25(18-6-2,19(3)4)29-24(27)21-16-11-8-12-17-21/h7-12,14-17,19,22H,5-6,13,18H2,1-4H3. The molecule has 0 radical (unpaired) electrons. The molecule has 0 fully saturated rings. The van der Waals surface area contributed by atoms with Crippen LogP contribution in [0, 0.1) is 5.92 Å². The molecule has 156 valence electrons. The lowest BCUT2D eigenvalue weighted by Crippen LogP contribution is -2.52. The van der Waals surface area contributed by atoms with E-state index in [1.807, 2.05) is 57.2 Å². The monoisotopic (exact) mass is 396 g/mol. The second kappa shape index (κ2) is 10.8. The Hall–Kier alpha value is -2.62. The van der Waals surface area contributed by atoms with Gasteiger partial charge in [-0.2, -0.15) is 0 Å². The smallest absolute Gasteiger partial charge is 0.338 e. The first-order valence-corrected chi connectivity index (χ1v) is 10.5. The van der Waals surface area contributed by atoms with Gasteiger partial charge in [-0.15, -0.1) is 0 Å². The first-order valence-electron chi connectivity index (χ1n) is 10.5. The van der Waals surface area contributed by atoms with Crippen molar-refractivity contribution in [3.8, 4) is 0 Å². The number of esters is 2. The third-order valence-electron chi connectivity index (χ3n) is 5.26. The zero-order valence-electron chi connectivity index (χ0n) is 17.9. The van der Waals surface area contributed by atoms with Crippen molar-refractivity contribution in [2.45, 2.75) is 65.1 Å². The third kappa shape index (κ3) is 5.69. The van der Waals surface area contributed by atoms with Crippen LogP contribution in [-0.4, -0.2) is 23.6 Å². The molecular formula is C25H32O4. The maximum absolute atomic E-state index is 12.9. The van der Waals surface area contributed by atoms with E-state index < -0.39 is 11.7 Å². The van der Waals surface area contributed by atoms with E-state index in [0.717, 1.165) is 12.8 Å². The molecule has 0 heterocycles. The molecule has 0 amide bonds. The van der Waals surface area contributed by atoms with Crippen LogP contribution < -0.4 is 0 Å². The molecular weight excluding hydrogens is 364 g/mol. The van der Waals surface area contributed by atoms with Gasteiger partial charge in [0.1, 0.15) is 6.10 Å². The van der Waals surface area contributed by atoms with E-state index in [0.29, 0.717) is 24.0 Å².